The molecule has 1 unspecified atom stereocenters. The molecule has 156 valence electrons. The summed E-state index contributed by atoms with van der Waals surface area (Å²) >= 11 is 0. The smallest absolute Gasteiger partial charge is 0.330 e. The summed E-state index contributed by atoms with van der Waals surface area (Å²) in [6, 6.07) is 2.49. The Labute approximate surface area is 157 Å². The topological polar surface area (TPSA) is 60.2 Å². The van der Waals surface area contributed by atoms with Crippen molar-refractivity contribution in [1.82, 2.24) is 14.8 Å². The summed E-state index contributed by atoms with van der Waals surface area (Å²) in [4.78, 5) is 3.71. The van der Waals surface area contributed by atoms with Crippen LogP contribution in [-0.4, -0.2) is 45.4 Å². The Balaban J connectivity index is 2.34. The van der Waals surface area contributed by atoms with E-state index in [4.69, 9.17) is 4.74 Å². The van der Waals surface area contributed by atoms with E-state index in [0.29, 0.717) is 6.07 Å². The highest BCUT2D eigenvalue weighted by Gasteiger charge is 2.48. The standard InChI is InChI=1S/C17H19F6N3O2/c1-15(2,7-28-8-17(22,23)14(20)21)16(27,6-26-10-24-9-25-26)12-4-3-11(18)5-13(12)19/h3-5,9-10,14,27H,6-8H2,1-2H3. The predicted molar refractivity (Wildman–Crippen MR) is 85.8 cm³/mol. The van der Waals surface area contributed by atoms with Crippen LogP contribution < -0.4 is 0 Å². The normalized spacial score (nSPS) is 15.1. The largest absolute Gasteiger partial charge is 0.382 e. The quantitative estimate of drug-likeness (QED) is 0.643. The molecule has 0 aliphatic heterocycles. The van der Waals surface area contributed by atoms with Crippen LogP contribution in [0.25, 0.3) is 0 Å². The summed E-state index contributed by atoms with van der Waals surface area (Å²) in [5.41, 5.74) is -3.94. The Bertz CT molecular complexity index is 785. The summed E-state index contributed by atoms with van der Waals surface area (Å²) in [6.07, 6.45) is -1.53. The molecule has 1 atom stereocenters. The number of aromatic nitrogens is 3. The molecule has 28 heavy (non-hydrogen) atoms. The summed E-state index contributed by atoms with van der Waals surface area (Å²) in [5.74, 6) is -6.33. The zero-order valence-electron chi connectivity index (χ0n) is 15.1. The summed E-state index contributed by atoms with van der Waals surface area (Å²) < 4.78 is 84.4. The lowest BCUT2D eigenvalue weighted by Gasteiger charge is -2.43. The summed E-state index contributed by atoms with van der Waals surface area (Å²) in [7, 11) is 0. The molecular weight excluding hydrogens is 392 g/mol. The molecule has 0 spiro atoms. The van der Waals surface area contributed by atoms with Crippen LogP contribution in [0.5, 0.6) is 0 Å². The first-order chi connectivity index (χ1) is 12.9. The summed E-state index contributed by atoms with van der Waals surface area (Å²) in [5, 5.41) is 15.1. The van der Waals surface area contributed by atoms with Gasteiger partial charge in [-0.3, -0.25) is 0 Å². The monoisotopic (exact) mass is 411 g/mol. The van der Waals surface area contributed by atoms with E-state index >= 15 is 0 Å². The van der Waals surface area contributed by atoms with Gasteiger partial charge in [0.1, 0.15) is 36.5 Å². The van der Waals surface area contributed by atoms with Crippen LogP contribution in [0.4, 0.5) is 26.3 Å². The van der Waals surface area contributed by atoms with E-state index in [1.54, 1.807) is 0 Å². The zero-order valence-corrected chi connectivity index (χ0v) is 15.1. The molecule has 0 fully saturated rings. The number of alkyl halides is 4. The van der Waals surface area contributed by atoms with Crippen molar-refractivity contribution in [1.29, 1.82) is 0 Å². The fourth-order valence-corrected chi connectivity index (χ4v) is 2.66. The van der Waals surface area contributed by atoms with Crippen LogP contribution in [0.3, 0.4) is 0 Å². The number of halogens is 6. The number of hydrogen-bond acceptors (Lipinski definition) is 4. The van der Waals surface area contributed by atoms with Crippen molar-refractivity contribution in [3.8, 4) is 0 Å². The first kappa shape index (κ1) is 22.2. The highest BCUT2D eigenvalue weighted by molar-refractivity contribution is 5.27. The van der Waals surface area contributed by atoms with Gasteiger partial charge in [0.05, 0.1) is 13.2 Å². The molecule has 0 aliphatic carbocycles. The number of rotatable bonds is 9. The minimum absolute atomic E-state index is 0.335. The van der Waals surface area contributed by atoms with Gasteiger partial charge in [-0.1, -0.05) is 19.9 Å². The molecule has 1 heterocycles. The lowest BCUT2D eigenvalue weighted by molar-refractivity contribution is -0.186. The van der Waals surface area contributed by atoms with Gasteiger partial charge in [0.2, 0.25) is 0 Å². The molecule has 5 nitrogen and oxygen atoms in total. The van der Waals surface area contributed by atoms with Gasteiger partial charge in [-0.2, -0.15) is 13.9 Å². The van der Waals surface area contributed by atoms with Gasteiger partial charge in [-0.25, -0.2) is 27.2 Å². The second kappa shape index (κ2) is 8.08. The third kappa shape index (κ3) is 4.64. The summed E-state index contributed by atoms with van der Waals surface area (Å²) in [6.45, 7) is 0.147. The fourth-order valence-electron chi connectivity index (χ4n) is 2.66. The van der Waals surface area contributed by atoms with Crippen molar-refractivity contribution < 1.29 is 36.2 Å². The Morgan fingerprint density at radius 1 is 1.18 bits per heavy atom. The van der Waals surface area contributed by atoms with Gasteiger partial charge in [0.15, 0.2) is 0 Å². The van der Waals surface area contributed by atoms with E-state index in [1.165, 1.54) is 20.2 Å². The molecule has 0 saturated heterocycles. The third-order valence-corrected chi connectivity index (χ3v) is 4.43. The average molecular weight is 411 g/mol. The molecule has 1 N–H and O–H groups in total. The molecule has 0 amide bonds. The van der Waals surface area contributed by atoms with Crippen LogP contribution in [0.15, 0.2) is 30.9 Å². The van der Waals surface area contributed by atoms with Gasteiger partial charge < -0.3 is 9.84 Å². The van der Waals surface area contributed by atoms with E-state index in [-0.39, 0.29) is 12.1 Å². The lowest BCUT2D eigenvalue weighted by atomic mass is 9.71. The van der Waals surface area contributed by atoms with E-state index < -0.39 is 48.2 Å². The predicted octanol–water partition coefficient (Wildman–Crippen LogP) is 3.39. The third-order valence-electron chi connectivity index (χ3n) is 4.43. The molecule has 0 bridgehead atoms. The number of nitrogens with zero attached hydrogens (tertiary/aromatic N) is 3. The van der Waals surface area contributed by atoms with Crippen molar-refractivity contribution in [3.05, 3.63) is 48.1 Å². The molecule has 1 aromatic carbocycles. The minimum Gasteiger partial charge on any atom is -0.382 e. The van der Waals surface area contributed by atoms with Gasteiger partial charge >= 0.3 is 12.3 Å². The second-order valence-electron chi connectivity index (χ2n) is 7.02. The van der Waals surface area contributed by atoms with Crippen molar-refractivity contribution >= 4 is 0 Å². The highest BCUT2D eigenvalue weighted by Crippen LogP contribution is 2.42. The van der Waals surface area contributed by atoms with Crippen LogP contribution >= 0.6 is 0 Å². The first-order valence-corrected chi connectivity index (χ1v) is 8.13. The number of hydrogen-bond donors (Lipinski definition) is 1. The average Bonchev–Trinajstić information content (AvgIpc) is 3.06. The van der Waals surface area contributed by atoms with Crippen molar-refractivity contribution in [3.63, 3.8) is 0 Å². The van der Waals surface area contributed by atoms with Crippen molar-refractivity contribution in [2.45, 2.75) is 38.3 Å². The van der Waals surface area contributed by atoms with Crippen molar-refractivity contribution in [2.24, 2.45) is 5.41 Å². The van der Waals surface area contributed by atoms with E-state index in [0.717, 1.165) is 23.1 Å². The van der Waals surface area contributed by atoms with E-state index in [9.17, 15) is 31.4 Å². The van der Waals surface area contributed by atoms with E-state index in [2.05, 4.69) is 10.1 Å². The second-order valence-corrected chi connectivity index (χ2v) is 7.02. The highest BCUT2D eigenvalue weighted by atomic mass is 19.3. The first-order valence-electron chi connectivity index (χ1n) is 8.13. The Kier molecular flexibility index (Phi) is 6.39. The molecule has 0 aliphatic rings. The Morgan fingerprint density at radius 3 is 2.39 bits per heavy atom. The number of ether oxygens (including phenoxy) is 1. The molecule has 2 aromatic rings. The molecule has 1 aromatic heterocycles. The Morgan fingerprint density at radius 2 is 1.86 bits per heavy atom. The maximum Gasteiger partial charge on any atom is 0.330 e. The molecule has 0 radical (unpaired) electrons. The SMILES string of the molecule is CC(C)(COCC(F)(F)C(F)F)C(O)(Cn1cncn1)c1ccc(F)cc1F. The van der Waals surface area contributed by atoms with Crippen LogP contribution in [-0.2, 0) is 16.9 Å². The number of benzene rings is 1. The molecular formula is C17H19F6N3O2. The van der Waals surface area contributed by atoms with Gasteiger partial charge in [-0.05, 0) is 6.07 Å². The number of aliphatic hydroxyl groups is 1. The molecule has 11 heteroatoms. The van der Waals surface area contributed by atoms with Gasteiger partial charge in [0.25, 0.3) is 0 Å². The maximum atomic E-state index is 14.4. The minimum atomic E-state index is -4.37. The van der Waals surface area contributed by atoms with Crippen molar-refractivity contribution in [2.75, 3.05) is 13.2 Å². The van der Waals surface area contributed by atoms with Gasteiger partial charge in [0, 0.05) is 17.0 Å². The van der Waals surface area contributed by atoms with E-state index in [1.807, 2.05) is 0 Å². The zero-order chi connectivity index (χ0) is 21.2. The Hall–Kier alpha value is -2.14. The molecule has 0 saturated carbocycles. The lowest BCUT2D eigenvalue weighted by Crippen LogP contribution is -2.49. The maximum absolute atomic E-state index is 14.4. The van der Waals surface area contributed by atoms with Gasteiger partial charge in [-0.15, -0.1) is 0 Å². The van der Waals surface area contributed by atoms with Crippen LogP contribution in [0, 0.1) is 17.0 Å². The molecule has 2 rings (SSSR count). The van der Waals surface area contributed by atoms with Crippen LogP contribution in [0.2, 0.25) is 0 Å². The fraction of sp³-hybridized carbons (Fsp3) is 0.529. The van der Waals surface area contributed by atoms with Crippen LogP contribution in [0.1, 0.15) is 19.4 Å².